The van der Waals surface area contributed by atoms with Crippen LogP contribution in [0.3, 0.4) is 0 Å². The Hall–Kier alpha value is -2.05. The molecule has 2 aromatic rings. The van der Waals surface area contributed by atoms with Crippen molar-refractivity contribution in [1.82, 2.24) is 9.80 Å². The number of carbonyl (C=O) groups is 1. The Morgan fingerprint density at radius 3 is 2.55 bits per heavy atom. The zero-order valence-electron chi connectivity index (χ0n) is 18.6. The molecule has 5 rings (SSSR count). The van der Waals surface area contributed by atoms with Gasteiger partial charge in [-0.25, -0.2) is 0 Å². The Balaban J connectivity index is 1.30. The molecule has 1 aromatic heterocycles. The summed E-state index contributed by atoms with van der Waals surface area (Å²) in [7, 11) is 3.39. The van der Waals surface area contributed by atoms with E-state index in [4.69, 9.17) is 9.47 Å². The number of aryl methyl sites for hydroxylation is 1. The predicted molar refractivity (Wildman–Crippen MR) is 124 cm³/mol. The molecule has 1 saturated heterocycles. The molecule has 166 valence electrons. The van der Waals surface area contributed by atoms with E-state index in [9.17, 15) is 4.79 Å². The van der Waals surface area contributed by atoms with Crippen LogP contribution in [0.4, 0.5) is 0 Å². The number of carbonyl (C=O) groups excluding carboxylic acids is 1. The van der Waals surface area contributed by atoms with E-state index in [1.165, 1.54) is 35.1 Å². The minimum Gasteiger partial charge on any atom is -0.493 e. The van der Waals surface area contributed by atoms with Gasteiger partial charge in [0, 0.05) is 32.2 Å². The van der Waals surface area contributed by atoms with E-state index in [0.29, 0.717) is 6.04 Å². The van der Waals surface area contributed by atoms with Crippen molar-refractivity contribution in [3.8, 4) is 11.5 Å². The van der Waals surface area contributed by atoms with Crippen LogP contribution >= 0.6 is 11.3 Å². The van der Waals surface area contributed by atoms with Crippen LogP contribution < -0.4 is 9.47 Å². The first kappa shape index (κ1) is 20.8. The van der Waals surface area contributed by atoms with E-state index in [-0.39, 0.29) is 5.91 Å². The topological polar surface area (TPSA) is 42.0 Å². The highest BCUT2D eigenvalue weighted by atomic mass is 32.1. The smallest absolute Gasteiger partial charge is 0.264 e. The minimum atomic E-state index is 0.265. The third-order valence-electron chi connectivity index (χ3n) is 7.25. The molecule has 0 bridgehead atoms. The number of benzene rings is 1. The highest BCUT2D eigenvalue weighted by molar-refractivity contribution is 7.12. The third kappa shape index (κ3) is 3.96. The van der Waals surface area contributed by atoms with E-state index in [0.717, 1.165) is 74.7 Å². The van der Waals surface area contributed by atoms with E-state index in [2.05, 4.69) is 27.3 Å². The first-order chi connectivity index (χ1) is 15.2. The van der Waals surface area contributed by atoms with Gasteiger partial charge in [-0.2, -0.15) is 0 Å². The van der Waals surface area contributed by atoms with Crippen LogP contribution in [0.25, 0.3) is 0 Å². The van der Waals surface area contributed by atoms with Gasteiger partial charge in [0.1, 0.15) is 0 Å². The average molecular weight is 441 g/mol. The van der Waals surface area contributed by atoms with E-state index >= 15 is 0 Å². The van der Waals surface area contributed by atoms with E-state index < -0.39 is 0 Å². The van der Waals surface area contributed by atoms with Crippen molar-refractivity contribution >= 4 is 17.2 Å². The zero-order chi connectivity index (χ0) is 21.4. The molecule has 6 heteroatoms. The Morgan fingerprint density at radius 2 is 1.74 bits per heavy atom. The number of hydrogen-bond donors (Lipinski definition) is 0. The summed E-state index contributed by atoms with van der Waals surface area (Å²) in [4.78, 5) is 19.1. The molecule has 1 atom stereocenters. The van der Waals surface area contributed by atoms with Crippen LogP contribution in [0.1, 0.15) is 57.6 Å². The predicted octanol–water partition coefficient (Wildman–Crippen LogP) is 4.31. The number of amides is 1. The van der Waals surface area contributed by atoms with Gasteiger partial charge in [-0.15, -0.1) is 11.3 Å². The molecule has 5 nitrogen and oxygen atoms in total. The van der Waals surface area contributed by atoms with E-state index in [1.807, 2.05) is 0 Å². The molecular weight excluding hydrogens is 408 g/mol. The number of fused-ring (bicyclic) bond motifs is 2. The van der Waals surface area contributed by atoms with Crippen molar-refractivity contribution in [3.63, 3.8) is 0 Å². The molecule has 3 heterocycles. The zero-order valence-corrected chi connectivity index (χ0v) is 19.4. The summed E-state index contributed by atoms with van der Waals surface area (Å²) < 4.78 is 11.0. The number of thiophene rings is 1. The maximum Gasteiger partial charge on any atom is 0.264 e. The fraction of sp³-hybridized carbons (Fsp3) is 0.560. The van der Waals surface area contributed by atoms with Crippen molar-refractivity contribution in [2.24, 2.45) is 0 Å². The van der Waals surface area contributed by atoms with Crippen molar-refractivity contribution < 1.29 is 14.3 Å². The van der Waals surface area contributed by atoms with Gasteiger partial charge in [0.15, 0.2) is 11.5 Å². The van der Waals surface area contributed by atoms with Crippen molar-refractivity contribution in [3.05, 3.63) is 44.6 Å². The highest BCUT2D eigenvalue weighted by Gasteiger charge is 2.32. The van der Waals surface area contributed by atoms with Crippen LogP contribution in [0, 0.1) is 0 Å². The van der Waals surface area contributed by atoms with Crippen LogP contribution in [0.5, 0.6) is 11.5 Å². The first-order valence-electron chi connectivity index (χ1n) is 11.5. The standard InChI is InChI=1S/C25H32N2O3S/c1-29-22-12-17-9-11-26(14-19(17)13-23(22)30-2)20-7-5-10-27(15-20)25(28)24-21-8-4-3-6-18(21)16-31-24/h12-13,16,20H,3-11,14-15H2,1-2H3. The molecule has 0 saturated carbocycles. The molecule has 1 fully saturated rings. The Bertz CT molecular complexity index is 970. The third-order valence-corrected chi connectivity index (χ3v) is 8.30. The number of likely N-dealkylation sites (tertiary alicyclic amines) is 1. The fourth-order valence-corrected chi connectivity index (χ4v) is 6.62. The molecule has 0 N–H and O–H groups in total. The molecule has 0 radical (unpaired) electrons. The Morgan fingerprint density at radius 1 is 0.968 bits per heavy atom. The van der Waals surface area contributed by atoms with Gasteiger partial charge in [0.25, 0.3) is 5.91 Å². The summed E-state index contributed by atoms with van der Waals surface area (Å²) in [5.74, 6) is 1.87. The number of hydrogen-bond acceptors (Lipinski definition) is 5. The Kier molecular flexibility index (Phi) is 5.93. The maximum absolute atomic E-state index is 13.4. The number of piperidine rings is 1. The second kappa shape index (κ2) is 8.83. The lowest BCUT2D eigenvalue weighted by Gasteiger charge is -2.41. The lowest BCUT2D eigenvalue weighted by atomic mass is 9.93. The summed E-state index contributed by atoms with van der Waals surface area (Å²) in [5, 5.41) is 2.23. The molecule has 1 unspecified atom stereocenters. The van der Waals surface area contributed by atoms with E-state index in [1.54, 1.807) is 25.6 Å². The summed E-state index contributed by atoms with van der Waals surface area (Å²) in [6.45, 7) is 3.67. The summed E-state index contributed by atoms with van der Waals surface area (Å²) in [6, 6.07) is 4.68. The number of rotatable bonds is 4. The van der Waals surface area contributed by atoms with Gasteiger partial charge in [0.2, 0.25) is 0 Å². The molecule has 31 heavy (non-hydrogen) atoms. The SMILES string of the molecule is COc1cc2c(cc1OC)CN(C1CCCN(C(=O)c3scc4c3CCCC4)C1)CC2. The van der Waals surface area contributed by atoms with Crippen LogP contribution in [0.2, 0.25) is 0 Å². The van der Waals surface area contributed by atoms with Crippen molar-refractivity contribution in [2.45, 2.75) is 57.5 Å². The largest absolute Gasteiger partial charge is 0.493 e. The molecule has 1 aromatic carbocycles. The quantitative estimate of drug-likeness (QED) is 0.711. The molecule has 3 aliphatic rings. The second-order valence-corrected chi connectivity index (χ2v) is 9.90. The number of nitrogens with zero attached hydrogens (tertiary/aromatic N) is 2. The summed E-state index contributed by atoms with van der Waals surface area (Å²) >= 11 is 1.67. The first-order valence-corrected chi connectivity index (χ1v) is 12.4. The highest BCUT2D eigenvalue weighted by Crippen LogP contribution is 2.35. The summed E-state index contributed by atoms with van der Waals surface area (Å²) in [6.07, 6.45) is 7.95. The second-order valence-electron chi connectivity index (χ2n) is 9.02. The van der Waals surface area contributed by atoms with Crippen molar-refractivity contribution in [2.75, 3.05) is 33.9 Å². The summed E-state index contributed by atoms with van der Waals surface area (Å²) in [5.41, 5.74) is 5.43. The minimum absolute atomic E-state index is 0.265. The fourth-order valence-electron chi connectivity index (χ4n) is 5.50. The maximum atomic E-state index is 13.4. The lowest BCUT2D eigenvalue weighted by Crippen LogP contribution is -2.51. The monoisotopic (exact) mass is 440 g/mol. The van der Waals surface area contributed by atoms with Gasteiger partial charge in [-0.05, 0) is 84.7 Å². The molecule has 0 spiro atoms. The van der Waals surface area contributed by atoms with Crippen LogP contribution in [-0.4, -0.2) is 55.6 Å². The molecule has 2 aliphatic heterocycles. The molecule has 1 amide bonds. The van der Waals surface area contributed by atoms with Gasteiger partial charge < -0.3 is 14.4 Å². The number of methoxy groups -OCH3 is 2. The van der Waals surface area contributed by atoms with Gasteiger partial charge in [-0.3, -0.25) is 9.69 Å². The van der Waals surface area contributed by atoms with Gasteiger partial charge in [-0.1, -0.05) is 0 Å². The van der Waals surface area contributed by atoms with Gasteiger partial charge >= 0.3 is 0 Å². The van der Waals surface area contributed by atoms with Crippen LogP contribution in [-0.2, 0) is 25.8 Å². The lowest BCUT2D eigenvalue weighted by molar-refractivity contribution is 0.0552. The van der Waals surface area contributed by atoms with Crippen molar-refractivity contribution in [1.29, 1.82) is 0 Å². The van der Waals surface area contributed by atoms with Gasteiger partial charge in [0.05, 0.1) is 19.1 Å². The number of ether oxygens (including phenoxy) is 2. The average Bonchev–Trinajstić information content (AvgIpc) is 3.26. The molecule has 1 aliphatic carbocycles. The Labute approximate surface area is 188 Å². The molecular formula is C25H32N2O3S. The normalized spacial score (nSPS) is 21.4. The van der Waals surface area contributed by atoms with Crippen LogP contribution in [0.15, 0.2) is 17.5 Å².